The number of nitrogens with one attached hydrogen (secondary N) is 1. The Kier molecular flexibility index (Phi) is 7.88. The molecular formula is C22H24FN8O12P2S-. The van der Waals surface area contributed by atoms with Crippen LogP contribution < -0.4 is 16.2 Å². The fraction of sp³-hybridized carbons (Fsp3) is 0.500. The van der Waals surface area contributed by atoms with Gasteiger partial charge in [0.05, 0.1) is 32.5 Å². The number of hydrogen-bond donors (Lipinski definition) is 5. The zero-order valence-electron chi connectivity index (χ0n) is 23.1. The van der Waals surface area contributed by atoms with Crippen molar-refractivity contribution >= 4 is 54.4 Å². The molecule has 248 valence electrons. The summed E-state index contributed by atoms with van der Waals surface area (Å²) in [4.78, 5) is 62.2. The zero-order chi connectivity index (χ0) is 32.6. The molecule has 6 N–H and O–H groups in total. The summed E-state index contributed by atoms with van der Waals surface area (Å²) >= 11 is 5.25. The van der Waals surface area contributed by atoms with E-state index in [0.29, 0.717) is 17.6 Å². The van der Waals surface area contributed by atoms with Crippen LogP contribution in [-0.2, 0) is 44.2 Å². The molecule has 7 rings (SSSR count). The quantitative estimate of drug-likeness (QED) is 0.120. The molecule has 0 aliphatic carbocycles. The van der Waals surface area contributed by atoms with Crippen LogP contribution in [-0.4, -0.2) is 98.8 Å². The van der Waals surface area contributed by atoms with E-state index >= 15 is 0 Å². The molecule has 3 aliphatic heterocycles. The number of anilines is 1. The number of imidazole rings is 1. The molecule has 0 amide bonds. The first kappa shape index (κ1) is 31.8. The lowest BCUT2D eigenvalue weighted by Crippen LogP contribution is -2.40. The number of aliphatic hydroxyl groups excluding tert-OH is 1. The molecule has 0 saturated carbocycles. The van der Waals surface area contributed by atoms with Gasteiger partial charge in [-0.1, -0.05) is 0 Å². The standard InChI is InChI=1S/C22H25FN8O12P2S/c23-9-2-30(17-12(9)19(33)28-7-26-17)21-15(14(32)11(41-21)3-39-44(34,35)36)43-45(37,46)40-5-22-1-10(38-4-22)20(42-22)31-8-29-13-16(24)25-6-27-18(13)31/h2,6-8,10-11,14-15,20-21,32H,1,3-5H2,(H,37,46)(H2,24,25,27)(H,26,28,33)(H2,34,35,36)/p-1/t10-,11-,14-,15-,20-,21-,22?,45?/m1/s1. The van der Waals surface area contributed by atoms with Crippen molar-refractivity contribution in [2.45, 2.75) is 48.9 Å². The summed E-state index contributed by atoms with van der Waals surface area (Å²) in [5, 5.41) is 10.6. The van der Waals surface area contributed by atoms with E-state index in [-0.39, 0.29) is 24.7 Å². The summed E-state index contributed by atoms with van der Waals surface area (Å²) in [6, 6.07) is 0. The summed E-state index contributed by atoms with van der Waals surface area (Å²) in [5.41, 5.74) is 4.56. The fourth-order valence-corrected chi connectivity index (χ4v) is 7.54. The first-order chi connectivity index (χ1) is 21.7. The van der Waals surface area contributed by atoms with Crippen LogP contribution in [0.25, 0.3) is 22.2 Å². The molecule has 7 heterocycles. The number of ether oxygens (including phenoxy) is 3. The van der Waals surface area contributed by atoms with Crippen molar-refractivity contribution in [1.82, 2.24) is 34.1 Å². The average Bonchev–Trinajstić information content (AvgIpc) is 3.80. The maximum Gasteiger partial charge on any atom is 0.325 e. The smallest absolute Gasteiger partial charge is 0.325 e. The van der Waals surface area contributed by atoms with E-state index < -0.39 is 80.4 Å². The minimum Gasteiger partial charge on any atom is -0.756 e. The predicted octanol–water partition coefficient (Wildman–Crippen LogP) is -1.30. The molecule has 46 heavy (non-hydrogen) atoms. The summed E-state index contributed by atoms with van der Waals surface area (Å²) in [6.07, 6.45) is -2.64. The molecule has 20 nitrogen and oxygen atoms in total. The Balaban J connectivity index is 1.11. The zero-order valence-corrected chi connectivity index (χ0v) is 25.7. The highest BCUT2D eigenvalue weighted by molar-refractivity contribution is 8.07. The molecule has 24 heteroatoms. The number of H-pyrrole nitrogens is 1. The molecule has 0 spiro atoms. The minimum atomic E-state index is -5.25. The number of hydrogen-bond acceptors (Lipinski definition) is 16. The molecule has 3 aliphatic rings. The molecule has 4 aromatic heterocycles. The van der Waals surface area contributed by atoms with Crippen LogP contribution in [0.4, 0.5) is 10.2 Å². The highest BCUT2D eigenvalue weighted by atomic mass is 32.5. The number of nitrogens with two attached hydrogens (primary N) is 1. The van der Waals surface area contributed by atoms with Gasteiger partial charge in [0, 0.05) is 12.6 Å². The lowest BCUT2D eigenvalue weighted by atomic mass is 10.0. The van der Waals surface area contributed by atoms with Crippen molar-refractivity contribution in [2.75, 3.05) is 25.6 Å². The van der Waals surface area contributed by atoms with Crippen molar-refractivity contribution in [3.8, 4) is 0 Å². The number of phosphoric ester groups is 1. The van der Waals surface area contributed by atoms with Crippen LogP contribution >= 0.6 is 14.5 Å². The number of aromatic amines is 1. The number of aromatic nitrogens is 7. The molecule has 0 aromatic carbocycles. The van der Waals surface area contributed by atoms with Crippen LogP contribution in [0, 0.1) is 5.82 Å². The van der Waals surface area contributed by atoms with Crippen molar-refractivity contribution in [3.63, 3.8) is 0 Å². The van der Waals surface area contributed by atoms with Gasteiger partial charge < -0.3 is 58.3 Å². The largest absolute Gasteiger partial charge is 0.756 e. The number of aliphatic hydroxyl groups is 1. The van der Waals surface area contributed by atoms with Gasteiger partial charge in [-0.15, -0.1) is 0 Å². The molecule has 3 unspecified atom stereocenters. The van der Waals surface area contributed by atoms with E-state index in [1.54, 1.807) is 4.57 Å². The Bertz CT molecular complexity index is 1970. The van der Waals surface area contributed by atoms with Crippen molar-refractivity contribution in [1.29, 1.82) is 0 Å². The molecule has 2 bridgehead atoms. The van der Waals surface area contributed by atoms with Crippen molar-refractivity contribution in [3.05, 3.63) is 41.3 Å². The minimum absolute atomic E-state index is 0.0791. The number of nitrogen functional groups attached to an aromatic ring is 1. The fourth-order valence-electron chi connectivity index (χ4n) is 5.76. The molecule has 0 radical (unpaired) electrons. The lowest BCUT2D eigenvalue weighted by Gasteiger charge is -2.32. The van der Waals surface area contributed by atoms with E-state index in [0.717, 1.165) is 17.1 Å². The highest BCUT2D eigenvalue weighted by Crippen LogP contribution is 2.53. The van der Waals surface area contributed by atoms with Gasteiger partial charge in [0.1, 0.15) is 47.2 Å². The average molecular weight is 705 g/mol. The van der Waals surface area contributed by atoms with E-state index in [2.05, 4.69) is 29.4 Å². The number of halogens is 1. The Morgan fingerprint density at radius 3 is 2.80 bits per heavy atom. The van der Waals surface area contributed by atoms with Crippen LogP contribution in [0.1, 0.15) is 18.9 Å². The second-order valence-corrected chi connectivity index (χ2v) is 14.8. The lowest BCUT2D eigenvalue weighted by molar-refractivity contribution is -0.222. The third kappa shape index (κ3) is 5.68. The van der Waals surface area contributed by atoms with Gasteiger partial charge >= 0.3 is 6.72 Å². The van der Waals surface area contributed by atoms with E-state index in [1.807, 2.05) is 0 Å². The second-order valence-electron chi connectivity index (χ2n) is 10.8. The summed E-state index contributed by atoms with van der Waals surface area (Å²) in [7, 11) is -5.25. The highest BCUT2D eigenvalue weighted by Gasteiger charge is 2.56. The van der Waals surface area contributed by atoms with E-state index in [9.17, 15) is 28.6 Å². The monoisotopic (exact) mass is 705 g/mol. The van der Waals surface area contributed by atoms with Gasteiger partial charge in [0.2, 0.25) is 0 Å². The van der Waals surface area contributed by atoms with E-state index in [4.69, 9.17) is 45.7 Å². The third-order valence-corrected chi connectivity index (χ3v) is 9.80. The van der Waals surface area contributed by atoms with Crippen LogP contribution in [0.2, 0.25) is 0 Å². The van der Waals surface area contributed by atoms with Gasteiger partial charge in [-0.05, 0) is 11.8 Å². The summed E-state index contributed by atoms with van der Waals surface area (Å²) in [6.45, 7) is -5.43. The molecule has 3 saturated heterocycles. The van der Waals surface area contributed by atoms with Crippen LogP contribution in [0.15, 0.2) is 30.0 Å². The van der Waals surface area contributed by atoms with Gasteiger partial charge in [0.15, 0.2) is 35.4 Å². The van der Waals surface area contributed by atoms with E-state index in [1.165, 1.54) is 12.7 Å². The van der Waals surface area contributed by atoms with Crippen LogP contribution in [0.3, 0.4) is 0 Å². The normalized spacial score (nSPS) is 31.9. The van der Waals surface area contributed by atoms with Gasteiger partial charge in [-0.3, -0.25) is 18.5 Å². The summed E-state index contributed by atoms with van der Waals surface area (Å²) in [5.74, 6) is -0.812. The van der Waals surface area contributed by atoms with Crippen molar-refractivity contribution in [2.24, 2.45) is 0 Å². The number of nitrogens with zero attached hydrogens (tertiary/aromatic N) is 6. The molecular weight excluding hydrogens is 681 g/mol. The Labute approximate surface area is 260 Å². The number of rotatable bonds is 10. The first-order valence-electron chi connectivity index (χ1n) is 13.4. The molecule has 4 aromatic rings. The van der Waals surface area contributed by atoms with Crippen molar-refractivity contribution < 1.29 is 56.5 Å². The maximum atomic E-state index is 14.8. The predicted molar refractivity (Wildman–Crippen MR) is 150 cm³/mol. The number of phosphoric acid groups is 1. The topological polar surface area (TPSA) is 276 Å². The first-order valence-corrected chi connectivity index (χ1v) is 17.5. The van der Waals surface area contributed by atoms with Gasteiger partial charge in [-0.2, -0.15) is 0 Å². The Hall–Kier alpha value is -2.82. The maximum absolute atomic E-state index is 14.8. The van der Waals surface area contributed by atoms with Gasteiger partial charge in [-0.25, -0.2) is 24.3 Å². The molecule has 3 fully saturated rings. The Morgan fingerprint density at radius 2 is 2.02 bits per heavy atom. The number of fused-ring (bicyclic) bond motifs is 4. The SMILES string of the molecule is Nc1ncnc2c1ncn2[C@@H]1OC2(COP(O)(=S)O[C@@H]3[C@H](O)[C@@H](COP(=O)([O-])O)O[C@H]3n3cc(F)c4c(=O)[nH]cnc43)CO[C@@H]1C2. The Morgan fingerprint density at radius 1 is 1.22 bits per heavy atom. The third-order valence-electron chi connectivity index (χ3n) is 7.79. The molecule has 9 atom stereocenters. The second kappa shape index (κ2) is 11.4. The summed E-state index contributed by atoms with van der Waals surface area (Å²) < 4.78 is 62.2. The van der Waals surface area contributed by atoms with Crippen LogP contribution in [0.5, 0.6) is 0 Å². The van der Waals surface area contributed by atoms with Gasteiger partial charge in [0.25, 0.3) is 13.4 Å².